The van der Waals surface area contributed by atoms with Crippen molar-refractivity contribution in [3.05, 3.63) is 48.3 Å². The van der Waals surface area contributed by atoms with Gasteiger partial charge in [-0.15, -0.1) is 0 Å². The van der Waals surface area contributed by atoms with Crippen LogP contribution >= 0.6 is 0 Å². The van der Waals surface area contributed by atoms with Gasteiger partial charge in [0.1, 0.15) is 12.2 Å². The molecule has 3 rings (SSSR count). The molecule has 2 aromatic rings. The Kier molecular flexibility index (Phi) is 6.45. The number of nitrogens with two attached hydrogens (primary N) is 1. The first-order chi connectivity index (χ1) is 14.2. The quantitative estimate of drug-likeness (QED) is 0.748. The van der Waals surface area contributed by atoms with Crippen molar-refractivity contribution >= 4 is 12.0 Å². The van der Waals surface area contributed by atoms with Crippen LogP contribution in [0.5, 0.6) is 5.75 Å². The average molecular weight is 415 g/mol. The summed E-state index contributed by atoms with van der Waals surface area (Å²) in [6.45, 7) is 6.99. The average Bonchev–Trinajstić information content (AvgIpc) is 2.72. The number of aliphatic hydroxyl groups excluding tert-OH is 1. The number of aromatic nitrogens is 2. The second-order valence-corrected chi connectivity index (χ2v) is 8.78. The number of primary amides is 1. The van der Waals surface area contributed by atoms with Gasteiger partial charge in [0.2, 0.25) is 5.95 Å². The third kappa shape index (κ3) is 5.18. The van der Waals surface area contributed by atoms with E-state index in [-0.39, 0.29) is 18.1 Å². The minimum atomic E-state index is -0.987. The number of piperidine rings is 1. The molecular formula is C22H30N4O4. The van der Waals surface area contributed by atoms with Crippen LogP contribution in [-0.2, 0) is 11.3 Å². The number of anilines is 1. The van der Waals surface area contributed by atoms with E-state index in [4.69, 9.17) is 15.2 Å². The van der Waals surface area contributed by atoms with Crippen LogP contribution in [0.1, 0.15) is 39.2 Å². The lowest BCUT2D eigenvalue weighted by Crippen LogP contribution is -2.59. The Bertz CT molecular complexity index is 838. The van der Waals surface area contributed by atoms with Gasteiger partial charge in [-0.05, 0) is 11.0 Å². The summed E-state index contributed by atoms with van der Waals surface area (Å²) in [6, 6.07) is 9.84. The lowest BCUT2D eigenvalue weighted by Gasteiger charge is -2.49. The van der Waals surface area contributed by atoms with E-state index in [1.54, 1.807) is 12.4 Å². The lowest BCUT2D eigenvalue weighted by atomic mass is 9.75. The molecule has 162 valence electrons. The smallest absolute Gasteiger partial charge is 0.405 e. The Morgan fingerprint density at radius 3 is 2.50 bits per heavy atom. The maximum atomic E-state index is 11.4. The number of amides is 1. The summed E-state index contributed by atoms with van der Waals surface area (Å²) in [5, 5.41) is 9.92. The fourth-order valence-electron chi connectivity index (χ4n) is 3.81. The molecule has 30 heavy (non-hydrogen) atoms. The Hall–Kier alpha value is -2.87. The first-order valence-electron chi connectivity index (χ1n) is 10.1. The summed E-state index contributed by atoms with van der Waals surface area (Å²) < 4.78 is 11.1. The van der Waals surface area contributed by atoms with E-state index < -0.39 is 11.7 Å². The zero-order chi connectivity index (χ0) is 21.8. The van der Waals surface area contributed by atoms with Crippen molar-refractivity contribution in [3.8, 4) is 5.75 Å². The van der Waals surface area contributed by atoms with Gasteiger partial charge in [0.15, 0.2) is 5.75 Å². The number of carbonyl (C=O) groups is 1. The molecule has 2 heterocycles. The van der Waals surface area contributed by atoms with Crippen molar-refractivity contribution in [2.45, 2.75) is 51.9 Å². The molecule has 1 aromatic carbocycles. The molecule has 1 saturated heterocycles. The van der Waals surface area contributed by atoms with E-state index in [1.807, 2.05) is 30.3 Å². The Balaban J connectivity index is 1.74. The van der Waals surface area contributed by atoms with E-state index in [0.29, 0.717) is 37.7 Å². The summed E-state index contributed by atoms with van der Waals surface area (Å²) >= 11 is 0. The number of ether oxygens (including phenoxy) is 2. The number of hydrogen-bond donors (Lipinski definition) is 2. The Morgan fingerprint density at radius 1 is 1.27 bits per heavy atom. The number of rotatable bonds is 6. The molecule has 2 atom stereocenters. The second kappa shape index (κ2) is 8.87. The summed E-state index contributed by atoms with van der Waals surface area (Å²) in [5.41, 5.74) is 5.16. The summed E-state index contributed by atoms with van der Waals surface area (Å²) in [7, 11) is 0. The highest BCUT2D eigenvalue weighted by Crippen LogP contribution is 2.39. The first kappa shape index (κ1) is 21.8. The zero-order valence-electron chi connectivity index (χ0n) is 17.7. The lowest BCUT2D eigenvalue weighted by molar-refractivity contribution is -0.0592. The largest absolute Gasteiger partial charge is 0.486 e. The third-order valence-corrected chi connectivity index (χ3v) is 5.47. The van der Waals surface area contributed by atoms with Gasteiger partial charge in [0, 0.05) is 25.4 Å². The van der Waals surface area contributed by atoms with E-state index in [9.17, 15) is 9.90 Å². The molecule has 8 nitrogen and oxygen atoms in total. The molecule has 0 saturated carbocycles. The number of benzene rings is 1. The van der Waals surface area contributed by atoms with Crippen LogP contribution in [0, 0.1) is 5.41 Å². The number of aliphatic hydroxyl groups is 1. The van der Waals surface area contributed by atoms with Crippen LogP contribution in [0.25, 0.3) is 0 Å². The van der Waals surface area contributed by atoms with Gasteiger partial charge in [-0.25, -0.2) is 14.8 Å². The van der Waals surface area contributed by atoms with Crippen LogP contribution in [-0.4, -0.2) is 46.0 Å². The van der Waals surface area contributed by atoms with Gasteiger partial charge in [0.25, 0.3) is 0 Å². The van der Waals surface area contributed by atoms with Crippen molar-refractivity contribution in [2.24, 2.45) is 11.1 Å². The standard InChI is InChI=1S/C22H30N4O4/c1-21(2,3)18-11-22(15-27,30-19(23)28)9-10-26(18)20-24-12-17(13-25-20)29-14-16-7-5-4-6-8-16/h4-8,12-13,18,27H,9-11,14-15H2,1-3H3,(H2,23,28). The molecule has 8 heteroatoms. The Labute approximate surface area is 177 Å². The summed E-state index contributed by atoms with van der Waals surface area (Å²) in [4.78, 5) is 22.5. The van der Waals surface area contributed by atoms with Crippen molar-refractivity contribution in [1.29, 1.82) is 0 Å². The van der Waals surface area contributed by atoms with Crippen LogP contribution in [0.4, 0.5) is 10.7 Å². The van der Waals surface area contributed by atoms with E-state index in [1.165, 1.54) is 0 Å². The van der Waals surface area contributed by atoms with Crippen molar-refractivity contribution in [1.82, 2.24) is 9.97 Å². The van der Waals surface area contributed by atoms with Gasteiger partial charge in [-0.1, -0.05) is 51.1 Å². The maximum Gasteiger partial charge on any atom is 0.405 e. The molecule has 0 bridgehead atoms. The number of hydrogen-bond acceptors (Lipinski definition) is 7. The molecule has 0 spiro atoms. The SMILES string of the molecule is CC(C)(C)C1CC(CO)(OC(N)=O)CCN1c1ncc(OCc2ccccc2)cn1. The van der Waals surface area contributed by atoms with E-state index >= 15 is 0 Å². The van der Waals surface area contributed by atoms with Crippen molar-refractivity contribution < 1.29 is 19.4 Å². The van der Waals surface area contributed by atoms with Gasteiger partial charge in [0.05, 0.1) is 19.0 Å². The van der Waals surface area contributed by atoms with Crippen LogP contribution in [0.2, 0.25) is 0 Å². The van der Waals surface area contributed by atoms with Gasteiger partial charge < -0.3 is 25.2 Å². The molecule has 1 fully saturated rings. The van der Waals surface area contributed by atoms with Gasteiger partial charge >= 0.3 is 6.09 Å². The molecular weight excluding hydrogens is 384 g/mol. The summed E-state index contributed by atoms with van der Waals surface area (Å²) in [6.07, 6.45) is 3.33. The second-order valence-electron chi connectivity index (χ2n) is 8.78. The highest BCUT2D eigenvalue weighted by Gasteiger charge is 2.47. The first-order valence-corrected chi connectivity index (χ1v) is 10.1. The third-order valence-electron chi connectivity index (χ3n) is 5.47. The molecule has 2 unspecified atom stereocenters. The molecule has 3 N–H and O–H groups in total. The van der Waals surface area contributed by atoms with Gasteiger partial charge in [-0.2, -0.15) is 0 Å². The predicted molar refractivity (Wildman–Crippen MR) is 113 cm³/mol. The predicted octanol–water partition coefficient (Wildman–Crippen LogP) is 2.90. The molecule has 1 amide bonds. The minimum Gasteiger partial charge on any atom is -0.486 e. The molecule has 1 aromatic heterocycles. The normalized spacial score (nSPS) is 21.9. The topological polar surface area (TPSA) is 111 Å². The molecule has 0 aliphatic carbocycles. The minimum absolute atomic E-state index is 0.0613. The van der Waals surface area contributed by atoms with Crippen LogP contribution in [0.3, 0.4) is 0 Å². The monoisotopic (exact) mass is 414 g/mol. The van der Waals surface area contributed by atoms with Crippen LogP contribution in [0.15, 0.2) is 42.7 Å². The van der Waals surface area contributed by atoms with E-state index in [2.05, 4.69) is 35.6 Å². The fourth-order valence-corrected chi connectivity index (χ4v) is 3.81. The fraction of sp³-hybridized carbons (Fsp3) is 0.500. The van der Waals surface area contributed by atoms with Crippen LogP contribution < -0.4 is 15.4 Å². The van der Waals surface area contributed by atoms with Crippen molar-refractivity contribution in [2.75, 3.05) is 18.1 Å². The molecule has 0 radical (unpaired) electrons. The van der Waals surface area contributed by atoms with Crippen molar-refractivity contribution in [3.63, 3.8) is 0 Å². The Morgan fingerprint density at radius 2 is 1.93 bits per heavy atom. The highest BCUT2D eigenvalue weighted by atomic mass is 16.6. The maximum absolute atomic E-state index is 11.4. The highest BCUT2D eigenvalue weighted by molar-refractivity contribution is 5.65. The van der Waals surface area contributed by atoms with E-state index in [0.717, 1.165) is 5.56 Å². The van der Waals surface area contributed by atoms with Gasteiger partial charge in [-0.3, -0.25) is 0 Å². The number of carbonyl (C=O) groups excluding carboxylic acids is 1. The number of nitrogens with zero attached hydrogens (tertiary/aromatic N) is 3. The molecule has 1 aliphatic heterocycles. The molecule has 1 aliphatic rings. The summed E-state index contributed by atoms with van der Waals surface area (Å²) in [5.74, 6) is 1.17. The zero-order valence-corrected chi connectivity index (χ0v) is 17.7.